The minimum atomic E-state index is -0.0968. The predicted octanol–water partition coefficient (Wildman–Crippen LogP) is 2.12. The van der Waals surface area contributed by atoms with Crippen molar-refractivity contribution in [2.75, 3.05) is 24.3 Å². The number of rotatable bonds is 2. The van der Waals surface area contributed by atoms with Crippen LogP contribution in [0.2, 0.25) is 0 Å². The molecule has 4 nitrogen and oxygen atoms in total. The van der Waals surface area contributed by atoms with E-state index in [0.717, 1.165) is 25.1 Å². The van der Waals surface area contributed by atoms with Gasteiger partial charge in [-0.1, -0.05) is 6.07 Å². The lowest BCUT2D eigenvalue weighted by Crippen LogP contribution is -2.43. The summed E-state index contributed by atoms with van der Waals surface area (Å²) in [6, 6.07) is 7.55. The van der Waals surface area contributed by atoms with E-state index in [4.69, 9.17) is 15.7 Å². The average molecular weight is 231 g/mol. The number of para-hydroxylation sites is 1. The van der Waals surface area contributed by atoms with Crippen molar-refractivity contribution >= 4 is 11.4 Å². The van der Waals surface area contributed by atoms with Crippen LogP contribution in [0.15, 0.2) is 18.2 Å². The fraction of sp³-hybridized carbons (Fsp3) is 0.462. The lowest BCUT2D eigenvalue weighted by Gasteiger charge is -2.35. The Labute approximate surface area is 101 Å². The molecule has 1 unspecified atom stereocenters. The summed E-state index contributed by atoms with van der Waals surface area (Å²) in [6.07, 6.45) is 2.09. The second-order valence-corrected chi connectivity index (χ2v) is 4.72. The van der Waals surface area contributed by atoms with E-state index < -0.39 is 0 Å². The van der Waals surface area contributed by atoms with E-state index in [0.29, 0.717) is 17.9 Å². The van der Waals surface area contributed by atoms with Crippen molar-refractivity contribution in [2.24, 2.45) is 0 Å². The van der Waals surface area contributed by atoms with Crippen molar-refractivity contribution < 1.29 is 4.74 Å². The highest BCUT2D eigenvalue weighted by Gasteiger charge is 2.28. The Bertz CT molecular complexity index is 444. The molecule has 17 heavy (non-hydrogen) atoms. The first-order valence-electron chi connectivity index (χ1n) is 5.79. The van der Waals surface area contributed by atoms with Gasteiger partial charge in [-0.25, -0.2) is 0 Å². The summed E-state index contributed by atoms with van der Waals surface area (Å²) < 4.78 is 5.49. The van der Waals surface area contributed by atoms with E-state index in [9.17, 15) is 0 Å². The summed E-state index contributed by atoms with van der Waals surface area (Å²) in [7, 11) is 0. The van der Waals surface area contributed by atoms with E-state index >= 15 is 0 Å². The maximum absolute atomic E-state index is 8.93. The highest BCUT2D eigenvalue weighted by atomic mass is 16.5. The van der Waals surface area contributed by atoms with Crippen molar-refractivity contribution in [3.8, 4) is 6.07 Å². The molecular weight excluding hydrogens is 214 g/mol. The molecule has 0 amide bonds. The fourth-order valence-electron chi connectivity index (χ4n) is 2.13. The summed E-state index contributed by atoms with van der Waals surface area (Å²) >= 11 is 0. The Morgan fingerprint density at radius 2 is 2.35 bits per heavy atom. The molecule has 4 heteroatoms. The third kappa shape index (κ3) is 2.51. The number of nitrogens with two attached hydrogens (primary N) is 1. The molecule has 90 valence electrons. The Morgan fingerprint density at radius 3 is 3.00 bits per heavy atom. The SMILES string of the molecule is CC1(Nc2cccc(C#N)c2N)CCCOC1. The molecule has 1 aliphatic rings. The maximum atomic E-state index is 8.93. The zero-order valence-corrected chi connectivity index (χ0v) is 9.99. The molecule has 1 fully saturated rings. The Kier molecular flexibility index (Phi) is 3.21. The van der Waals surface area contributed by atoms with E-state index in [1.807, 2.05) is 12.1 Å². The number of ether oxygens (including phenoxy) is 1. The zero-order chi connectivity index (χ0) is 12.3. The van der Waals surface area contributed by atoms with Crippen LogP contribution in [-0.4, -0.2) is 18.8 Å². The van der Waals surface area contributed by atoms with Gasteiger partial charge in [0.1, 0.15) is 6.07 Å². The van der Waals surface area contributed by atoms with Gasteiger partial charge >= 0.3 is 0 Å². The first-order chi connectivity index (χ1) is 8.14. The van der Waals surface area contributed by atoms with Crippen LogP contribution in [-0.2, 0) is 4.74 Å². The first kappa shape index (κ1) is 11.7. The average Bonchev–Trinajstić information content (AvgIpc) is 2.32. The van der Waals surface area contributed by atoms with Crippen LogP contribution in [0.25, 0.3) is 0 Å². The molecule has 1 atom stereocenters. The summed E-state index contributed by atoms with van der Waals surface area (Å²) in [4.78, 5) is 0. The fourth-order valence-corrected chi connectivity index (χ4v) is 2.13. The maximum Gasteiger partial charge on any atom is 0.101 e. The molecule has 1 aromatic rings. The number of nitrogens with zero attached hydrogens (tertiary/aromatic N) is 1. The number of hydrogen-bond acceptors (Lipinski definition) is 4. The number of hydrogen-bond donors (Lipinski definition) is 2. The lowest BCUT2D eigenvalue weighted by molar-refractivity contribution is 0.0540. The van der Waals surface area contributed by atoms with Crippen molar-refractivity contribution in [1.82, 2.24) is 0 Å². The van der Waals surface area contributed by atoms with Crippen molar-refractivity contribution in [1.29, 1.82) is 5.26 Å². The highest BCUT2D eigenvalue weighted by molar-refractivity contribution is 5.73. The van der Waals surface area contributed by atoms with Gasteiger partial charge in [0, 0.05) is 6.61 Å². The molecule has 1 heterocycles. The molecule has 0 aliphatic carbocycles. The molecule has 0 bridgehead atoms. The Morgan fingerprint density at radius 1 is 1.53 bits per heavy atom. The molecule has 1 aromatic carbocycles. The van der Waals surface area contributed by atoms with E-state index in [-0.39, 0.29) is 5.54 Å². The first-order valence-corrected chi connectivity index (χ1v) is 5.79. The van der Waals surface area contributed by atoms with E-state index in [1.165, 1.54) is 0 Å². The largest absolute Gasteiger partial charge is 0.396 e. The Hall–Kier alpha value is -1.73. The second-order valence-electron chi connectivity index (χ2n) is 4.72. The van der Waals surface area contributed by atoms with Crippen molar-refractivity contribution in [3.05, 3.63) is 23.8 Å². The molecule has 1 aliphatic heterocycles. The predicted molar refractivity (Wildman–Crippen MR) is 67.7 cm³/mol. The summed E-state index contributed by atoms with van der Waals surface area (Å²) in [5, 5.41) is 12.3. The van der Waals surface area contributed by atoms with Gasteiger partial charge in [0.2, 0.25) is 0 Å². The highest BCUT2D eigenvalue weighted by Crippen LogP contribution is 2.29. The normalized spacial score (nSPS) is 24.0. The molecule has 0 radical (unpaired) electrons. The van der Waals surface area contributed by atoms with Crippen LogP contribution in [0, 0.1) is 11.3 Å². The van der Waals surface area contributed by atoms with Gasteiger partial charge in [0.25, 0.3) is 0 Å². The quantitative estimate of drug-likeness (QED) is 0.765. The molecule has 2 rings (SSSR count). The lowest BCUT2D eigenvalue weighted by atomic mass is 9.94. The third-order valence-corrected chi connectivity index (χ3v) is 3.10. The molecule has 0 saturated carbocycles. The zero-order valence-electron chi connectivity index (χ0n) is 9.99. The minimum absolute atomic E-state index is 0.0968. The molecule has 1 saturated heterocycles. The van der Waals surface area contributed by atoms with Crippen LogP contribution in [0.5, 0.6) is 0 Å². The van der Waals surface area contributed by atoms with Crippen LogP contribution >= 0.6 is 0 Å². The van der Waals surface area contributed by atoms with Gasteiger partial charge in [-0.3, -0.25) is 0 Å². The monoisotopic (exact) mass is 231 g/mol. The van der Waals surface area contributed by atoms with Crippen LogP contribution in [0.3, 0.4) is 0 Å². The van der Waals surface area contributed by atoms with Crippen LogP contribution in [0.4, 0.5) is 11.4 Å². The summed E-state index contributed by atoms with van der Waals surface area (Å²) in [5.74, 6) is 0. The van der Waals surface area contributed by atoms with E-state index in [1.54, 1.807) is 6.07 Å². The number of nitrogen functional groups attached to an aromatic ring is 1. The van der Waals surface area contributed by atoms with Gasteiger partial charge in [-0.05, 0) is 31.9 Å². The Balaban J connectivity index is 2.21. The number of nitriles is 1. The number of nitrogens with one attached hydrogen (secondary N) is 1. The topological polar surface area (TPSA) is 71.1 Å². The molecule has 0 spiro atoms. The molecular formula is C13H17N3O. The van der Waals surface area contributed by atoms with Crippen LogP contribution < -0.4 is 11.1 Å². The van der Waals surface area contributed by atoms with E-state index in [2.05, 4.69) is 18.3 Å². The van der Waals surface area contributed by atoms with Crippen molar-refractivity contribution in [2.45, 2.75) is 25.3 Å². The summed E-state index contributed by atoms with van der Waals surface area (Å²) in [5.41, 5.74) is 7.69. The second kappa shape index (κ2) is 4.64. The van der Waals surface area contributed by atoms with Gasteiger partial charge in [-0.2, -0.15) is 5.26 Å². The van der Waals surface area contributed by atoms with Gasteiger partial charge in [0.15, 0.2) is 0 Å². The van der Waals surface area contributed by atoms with Gasteiger partial charge in [-0.15, -0.1) is 0 Å². The van der Waals surface area contributed by atoms with Crippen LogP contribution in [0.1, 0.15) is 25.3 Å². The molecule has 0 aromatic heterocycles. The van der Waals surface area contributed by atoms with Gasteiger partial charge in [0.05, 0.1) is 29.1 Å². The van der Waals surface area contributed by atoms with Gasteiger partial charge < -0.3 is 15.8 Å². The number of benzene rings is 1. The standard InChI is InChI=1S/C13H17N3O/c1-13(6-3-7-17-9-13)16-11-5-2-4-10(8-14)12(11)15/h2,4-5,16H,3,6-7,9,15H2,1H3. The number of anilines is 2. The molecule has 3 N–H and O–H groups in total. The smallest absolute Gasteiger partial charge is 0.101 e. The third-order valence-electron chi connectivity index (χ3n) is 3.10. The minimum Gasteiger partial charge on any atom is -0.396 e. The van der Waals surface area contributed by atoms with Crippen molar-refractivity contribution in [3.63, 3.8) is 0 Å². The summed E-state index contributed by atoms with van der Waals surface area (Å²) in [6.45, 7) is 3.61.